The Morgan fingerprint density at radius 3 is 2.76 bits per heavy atom. The highest BCUT2D eigenvalue weighted by molar-refractivity contribution is 5.76. The van der Waals surface area contributed by atoms with Crippen LogP contribution in [0.4, 0.5) is 0 Å². The number of fused-ring (bicyclic) bond motifs is 1. The molecule has 0 fully saturated rings. The second-order valence-electron chi connectivity index (χ2n) is 3.66. The van der Waals surface area contributed by atoms with E-state index < -0.39 is 23.8 Å². The molecule has 1 aromatic heterocycles. The maximum atomic E-state index is 10.9. The van der Waals surface area contributed by atoms with E-state index in [1.807, 2.05) is 0 Å². The maximum Gasteiger partial charge on any atom is 0.417 e. The molecule has 6 N–H and O–H groups in total. The summed E-state index contributed by atoms with van der Waals surface area (Å²) in [6.07, 6.45) is 0. The molecular formula is C10H11N3O4. The number of hydrogen-bond donors (Lipinski definition) is 4. The van der Waals surface area contributed by atoms with Crippen molar-refractivity contribution in [2.75, 3.05) is 0 Å². The lowest BCUT2D eigenvalue weighted by molar-refractivity contribution is -0.139. The van der Waals surface area contributed by atoms with Gasteiger partial charge in [0.15, 0.2) is 5.58 Å². The summed E-state index contributed by atoms with van der Waals surface area (Å²) in [5.74, 6) is -1.76. The molecule has 0 spiro atoms. The molecule has 0 radical (unpaired) electrons. The first-order valence-electron chi connectivity index (χ1n) is 4.86. The Bertz CT molecular complexity index is 615. The number of aromatic amines is 1. The van der Waals surface area contributed by atoms with Crippen molar-refractivity contribution in [1.82, 2.24) is 4.98 Å². The van der Waals surface area contributed by atoms with Crippen LogP contribution in [0.3, 0.4) is 0 Å². The third-order valence-electron chi connectivity index (χ3n) is 2.50. The molecule has 0 aliphatic rings. The topological polar surface area (TPSA) is 135 Å². The van der Waals surface area contributed by atoms with E-state index >= 15 is 0 Å². The molecule has 1 heterocycles. The summed E-state index contributed by atoms with van der Waals surface area (Å²) in [5.41, 5.74) is 12.5. The van der Waals surface area contributed by atoms with Crippen LogP contribution in [0.15, 0.2) is 27.4 Å². The Labute approximate surface area is 95.0 Å². The largest absolute Gasteiger partial charge is 0.480 e. The van der Waals surface area contributed by atoms with Crippen LogP contribution in [-0.2, 0) is 4.79 Å². The number of aromatic nitrogens is 1. The second kappa shape index (κ2) is 4.04. The summed E-state index contributed by atoms with van der Waals surface area (Å²) in [4.78, 5) is 24.1. The van der Waals surface area contributed by atoms with Gasteiger partial charge in [0.05, 0.1) is 11.6 Å². The number of nitrogens with two attached hydrogens (primary N) is 2. The summed E-state index contributed by atoms with van der Waals surface area (Å²) in [5, 5.41) is 8.75. The van der Waals surface area contributed by atoms with Crippen LogP contribution in [-0.4, -0.2) is 22.1 Å². The fraction of sp³-hybridized carbons (Fsp3) is 0.200. The molecule has 0 saturated heterocycles. The summed E-state index contributed by atoms with van der Waals surface area (Å²) < 4.78 is 4.81. The number of H-pyrrole nitrogens is 1. The third-order valence-corrected chi connectivity index (χ3v) is 2.50. The molecule has 7 heteroatoms. The monoisotopic (exact) mass is 237 g/mol. The van der Waals surface area contributed by atoms with E-state index in [9.17, 15) is 9.59 Å². The van der Waals surface area contributed by atoms with Crippen molar-refractivity contribution >= 4 is 17.1 Å². The van der Waals surface area contributed by atoms with Crippen molar-refractivity contribution < 1.29 is 14.3 Å². The molecule has 0 bridgehead atoms. The van der Waals surface area contributed by atoms with Gasteiger partial charge in [-0.15, -0.1) is 0 Å². The van der Waals surface area contributed by atoms with Crippen LogP contribution >= 0.6 is 0 Å². The van der Waals surface area contributed by atoms with Crippen molar-refractivity contribution in [2.24, 2.45) is 11.5 Å². The number of carbonyl (C=O) groups is 1. The number of rotatable bonds is 3. The molecule has 7 nitrogen and oxygen atoms in total. The molecule has 2 aromatic rings. The number of oxazole rings is 1. The molecule has 17 heavy (non-hydrogen) atoms. The van der Waals surface area contributed by atoms with Crippen molar-refractivity contribution in [3.63, 3.8) is 0 Å². The highest BCUT2D eigenvalue weighted by Crippen LogP contribution is 2.18. The van der Waals surface area contributed by atoms with E-state index in [-0.39, 0.29) is 0 Å². The predicted molar refractivity (Wildman–Crippen MR) is 59.4 cm³/mol. The van der Waals surface area contributed by atoms with Crippen LogP contribution in [0.5, 0.6) is 0 Å². The van der Waals surface area contributed by atoms with E-state index in [1.165, 1.54) is 6.07 Å². The zero-order valence-electron chi connectivity index (χ0n) is 8.71. The summed E-state index contributed by atoms with van der Waals surface area (Å²) in [6, 6.07) is 2.61. The molecule has 90 valence electrons. The Morgan fingerprint density at radius 1 is 1.41 bits per heavy atom. The van der Waals surface area contributed by atoms with Gasteiger partial charge in [-0.1, -0.05) is 6.07 Å². The van der Waals surface area contributed by atoms with Gasteiger partial charge < -0.3 is 21.0 Å². The molecule has 2 rings (SSSR count). The van der Waals surface area contributed by atoms with Crippen LogP contribution in [0.25, 0.3) is 11.1 Å². The second-order valence-corrected chi connectivity index (χ2v) is 3.66. The first-order chi connectivity index (χ1) is 7.99. The van der Waals surface area contributed by atoms with Crippen molar-refractivity contribution in [1.29, 1.82) is 0 Å². The van der Waals surface area contributed by atoms with Gasteiger partial charge >= 0.3 is 11.7 Å². The lowest BCUT2D eigenvalue weighted by Crippen LogP contribution is -2.40. The number of carboxylic acid groups (broad SMARTS) is 1. The van der Waals surface area contributed by atoms with Gasteiger partial charge in [0.1, 0.15) is 6.04 Å². The highest BCUT2D eigenvalue weighted by atomic mass is 16.4. The number of aliphatic carboxylic acids is 1. The number of nitrogens with one attached hydrogen (secondary N) is 1. The maximum absolute atomic E-state index is 10.9. The van der Waals surface area contributed by atoms with Gasteiger partial charge in [-0.2, -0.15) is 0 Å². The van der Waals surface area contributed by atoms with Crippen LogP contribution in [0.2, 0.25) is 0 Å². The molecule has 0 aliphatic carbocycles. The Balaban J connectivity index is 2.42. The van der Waals surface area contributed by atoms with Gasteiger partial charge in [0.2, 0.25) is 0 Å². The van der Waals surface area contributed by atoms with E-state index in [1.54, 1.807) is 12.1 Å². The summed E-state index contributed by atoms with van der Waals surface area (Å²) in [7, 11) is 0. The average molecular weight is 237 g/mol. The van der Waals surface area contributed by atoms with Gasteiger partial charge in [0.25, 0.3) is 0 Å². The zero-order valence-corrected chi connectivity index (χ0v) is 8.71. The minimum Gasteiger partial charge on any atom is -0.480 e. The van der Waals surface area contributed by atoms with Crippen LogP contribution in [0, 0.1) is 0 Å². The van der Waals surface area contributed by atoms with Gasteiger partial charge in [0, 0.05) is 0 Å². The average Bonchev–Trinajstić information content (AvgIpc) is 2.65. The summed E-state index contributed by atoms with van der Waals surface area (Å²) >= 11 is 0. The Hall–Kier alpha value is -2.12. The normalized spacial score (nSPS) is 14.7. The van der Waals surface area contributed by atoms with E-state index in [0.29, 0.717) is 16.7 Å². The number of hydrogen-bond acceptors (Lipinski definition) is 5. The summed E-state index contributed by atoms with van der Waals surface area (Å²) in [6.45, 7) is 0. The van der Waals surface area contributed by atoms with Crippen molar-refractivity contribution in [3.8, 4) is 0 Å². The molecule has 0 amide bonds. The fourth-order valence-corrected chi connectivity index (χ4v) is 1.54. The van der Waals surface area contributed by atoms with Crippen LogP contribution < -0.4 is 17.2 Å². The standard InChI is InChI=1S/C10H11N3O4/c11-7(8(12)9(14)15)4-1-2-6-5(3-4)13-10(16)17-6/h1-3,7-8H,11-12H2,(H,13,16)(H,14,15). The smallest absolute Gasteiger partial charge is 0.417 e. The van der Waals surface area contributed by atoms with Gasteiger partial charge in [-0.05, 0) is 17.7 Å². The Morgan fingerprint density at radius 2 is 2.12 bits per heavy atom. The van der Waals surface area contributed by atoms with E-state index in [0.717, 1.165) is 0 Å². The minimum atomic E-state index is -1.20. The lowest BCUT2D eigenvalue weighted by atomic mass is 10.0. The first-order valence-corrected chi connectivity index (χ1v) is 4.86. The molecule has 0 saturated carbocycles. The zero-order chi connectivity index (χ0) is 12.6. The molecule has 1 aromatic carbocycles. The quantitative estimate of drug-likeness (QED) is 0.570. The fourth-order valence-electron chi connectivity index (χ4n) is 1.54. The van der Waals surface area contributed by atoms with E-state index in [2.05, 4.69) is 4.98 Å². The number of benzene rings is 1. The highest BCUT2D eigenvalue weighted by Gasteiger charge is 2.22. The Kier molecular flexibility index (Phi) is 2.70. The van der Waals surface area contributed by atoms with E-state index in [4.69, 9.17) is 21.0 Å². The van der Waals surface area contributed by atoms with Crippen molar-refractivity contribution in [2.45, 2.75) is 12.1 Å². The van der Waals surface area contributed by atoms with Gasteiger partial charge in [-0.3, -0.25) is 9.78 Å². The SMILES string of the molecule is NC(C(=O)O)C(N)c1ccc2oc(=O)[nH]c2c1. The molecule has 0 aliphatic heterocycles. The van der Waals surface area contributed by atoms with Crippen molar-refractivity contribution in [3.05, 3.63) is 34.3 Å². The molecule has 2 unspecified atom stereocenters. The third kappa shape index (κ3) is 2.05. The minimum absolute atomic E-state index is 0.384. The van der Waals surface area contributed by atoms with Gasteiger partial charge in [-0.25, -0.2) is 4.79 Å². The first kappa shape index (κ1) is 11.4. The predicted octanol–water partition coefficient (Wildman–Crippen LogP) is -0.467. The lowest BCUT2D eigenvalue weighted by Gasteiger charge is -2.15. The molecule has 2 atom stereocenters. The molecular weight excluding hydrogens is 226 g/mol. The van der Waals surface area contributed by atoms with Crippen LogP contribution in [0.1, 0.15) is 11.6 Å². The number of carboxylic acids is 1.